The second-order valence-corrected chi connectivity index (χ2v) is 5.16. The number of hydrogen-bond donors (Lipinski definition) is 3. The smallest absolute Gasteiger partial charge is 0.252 e. The quantitative estimate of drug-likeness (QED) is 0.443. The molecule has 0 aromatic rings. The third-order valence-corrected chi connectivity index (χ3v) is 3.27. The number of nitrogens with zero attached hydrogens (tertiary/aromatic N) is 1. The van der Waals surface area contributed by atoms with E-state index in [0.29, 0.717) is 0 Å². The molecule has 106 valence electrons. The lowest BCUT2D eigenvalue weighted by Gasteiger charge is -2.41. The topological polar surface area (TPSA) is 95.6 Å². The molecule has 0 aromatic heterocycles. The lowest BCUT2D eigenvalue weighted by Crippen LogP contribution is -2.68. The molecular formula is C11H17N3O4S. The third kappa shape index (κ3) is 3.25. The van der Waals surface area contributed by atoms with Crippen LogP contribution in [0.25, 0.3) is 0 Å². The molecule has 1 unspecified atom stereocenters. The summed E-state index contributed by atoms with van der Waals surface area (Å²) in [4.78, 5) is 47.6. The summed E-state index contributed by atoms with van der Waals surface area (Å²) in [5.74, 6) is -1.88. The van der Waals surface area contributed by atoms with Crippen LogP contribution in [0.1, 0.15) is 20.8 Å². The van der Waals surface area contributed by atoms with Gasteiger partial charge < -0.3 is 10.2 Å². The lowest BCUT2D eigenvalue weighted by atomic mass is 9.97. The van der Waals surface area contributed by atoms with E-state index in [1.165, 1.54) is 20.8 Å². The van der Waals surface area contributed by atoms with E-state index in [-0.39, 0.29) is 18.2 Å². The van der Waals surface area contributed by atoms with Crippen LogP contribution in [0.4, 0.5) is 0 Å². The van der Waals surface area contributed by atoms with Crippen LogP contribution in [0.3, 0.4) is 0 Å². The molecule has 1 heterocycles. The average molecular weight is 287 g/mol. The first kappa shape index (κ1) is 15.5. The van der Waals surface area contributed by atoms with Gasteiger partial charge in [-0.3, -0.25) is 24.5 Å². The molecule has 0 spiro atoms. The van der Waals surface area contributed by atoms with Crippen molar-refractivity contribution in [2.45, 2.75) is 32.4 Å². The first-order chi connectivity index (χ1) is 8.70. The highest BCUT2D eigenvalue weighted by Crippen LogP contribution is 2.19. The van der Waals surface area contributed by atoms with Crippen molar-refractivity contribution in [3.8, 4) is 0 Å². The number of carbonyl (C=O) groups excluding carboxylic acids is 4. The summed E-state index contributed by atoms with van der Waals surface area (Å²) in [6.45, 7) is 4.14. The van der Waals surface area contributed by atoms with E-state index in [9.17, 15) is 19.2 Å². The molecule has 0 aliphatic carbocycles. The molecule has 7 nitrogen and oxygen atoms in total. The first-order valence-corrected chi connectivity index (χ1v) is 6.37. The second kappa shape index (κ2) is 5.60. The highest BCUT2D eigenvalue weighted by Gasteiger charge is 2.45. The molecule has 1 fully saturated rings. The van der Waals surface area contributed by atoms with Crippen molar-refractivity contribution in [3.05, 3.63) is 0 Å². The van der Waals surface area contributed by atoms with Crippen molar-refractivity contribution in [2.24, 2.45) is 0 Å². The van der Waals surface area contributed by atoms with Gasteiger partial charge in [-0.25, -0.2) is 0 Å². The summed E-state index contributed by atoms with van der Waals surface area (Å²) in [5, 5.41) is 4.62. The maximum Gasteiger partial charge on any atom is 0.252 e. The van der Waals surface area contributed by atoms with Gasteiger partial charge in [0.25, 0.3) is 5.91 Å². The van der Waals surface area contributed by atoms with Gasteiger partial charge in [0, 0.05) is 12.7 Å². The minimum atomic E-state index is -1.15. The number of thiol groups is 1. The highest BCUT2D eigenvalue weighted by molar-refractivity contribution is 7.80. The maximum atomic E-state index is 12.3. The van der Waals surface area contributed by atoms with Crippen LogP contribution < -0.4 is 10.6 Å². The highest BCUT2D eigenvalue weighted by atomic mass is 32.1. The molecule has 0 radical (unpaired) electrons. The van der Waals surface area contributed by atoms with Crippen LogP contribution in [0, 0.1) is 0 Å². The molecule has 0 bridgehead atoms. The number of rotatable bonds is 3. The standard InChI is InChI=1S/C11H17N3O4S/c1-6(15)12-7(5-19)9(17)14-4-8(16)13-10(18)11(14,2)3/h7,19H,4-5H2,1-3H3,(H,12,15)(H,13,16,18). The molecule has 0 aromatic carbocycles. The second-order valence-electron chi connectivity index (χ2n) is 4.80. The van der Waals surface area contributed by atoms with Crippen molar-refractivity contribution < 1.29 is 19.2 Å². The third-order valence-electron chi connectivity index (χ3n) is 2.91. The summed E-state index contributed by atoms with van der Waals surface area (Å²) < 4.78 is 0. The van der Waals surface area contributed by atoms with Crippen molar-refractivity contribution in [1.29, 1.82) is 0 Å². The van der Waals surface area contributed by atoms with E-state index in [4.69, 9.17) is 0 Å². The first-order valence-electron chi connectivity index (χ1n) is 5.74. The van der Waals surface area contributed by atoms with Gasteiger partial charge in [0.2, 0.25) is 17.7 Å². The summed E-state index contributed by atoms with van der Waals surface area (Å²) in [6.07, 6.45) is 0. The van der Waals surface area contributed by atoms with E-state index in [1.54, 1.807) is 0 Å². The minimum absolute atomic E-state index is 0.0841. The Morgan fingerprint density at radius 1 is 1.47 bits per heavy atom. The Kier molecular flexibility index (Phi) is 4.56. The summed E-state index contributed by atoms with van der Waals surface area (Å²) in [7, 11) is 0. The number of amides is 4. The molecule has 2 N–H and O–H groups in total. The van der Waals surface area contributed by atoms with Gasteiger partial charge in [0.15, 0.2) is 0 Å². The van der Waals surface area contributed by atoms with E-state index >= 15 is 0 Å². The van der Waals surface area contributed by atoms with Gasteiger partial charge in [-0.2, -0.15) is 12.6 Å². The fourth-order valence-corrected chi connectivity index (χ4v) is 2.00. The zero-order valence-corrected chi connectivity index (χ0v) is 11.9. The number of carbonyl (C=O) groups is 4. The molecule has 0 saturated carbocycles. The van der Waals surface area contributed by atoms with Crippen molar-refractivity contribution >= 4 is 36.3 Å². The van der Waals surface area contributed by atoms with Crippen LogP contribution in [-0.2, 0) is 19.2 Å². The van der Waals surface area contributed by atoms with E-state index in [2.05, 4.69) is 23.3 Å². The van der Waals surface area contributed by atoms with Crippen LogP contribution in [0.5, 0.6) is 0 Å². The van der Waals surface area contributed by atoms with E-state index in [0.717, 1.165) is 4.90 Å². The Bertz CT molecular complexity index is 436. The van der Waals surface area contributed by atoms with Crippen LogP contribution in [0.2, 0.25) is 0 Å². The normalized spacial score (nSPS) is 19.7. The van der Waals surface area contributed by atoms with E-state index in [1.807, 2.05) is 0 Å². The van der Waals surface area contributed by atoms with Crippen LogP contribution >= 0.6 is 12.6 Å². The zero-order chi connectivity index (χ0) is 14.8. The number of hydrogen-bond acceptors (Lipinski definition) is 5. The average Bonchev–Trinajstić information content (AvgIpc) is 2.30. The SMILES string of the molecule is CC(=O)NC(CS)C(=O)N1CC(=O)NC(=O)C1(C)C. The molecule has 1 saturated heterocycles. The monoisotopic (exact) mass is 287 g/mol. The Hall–Kier alpha value is -1.57. The van der Waals surface area contributed by atoms with Crippen LogP contribution in [0.15, 0.2) is 0 Å². The lowest BCUT2D eigenvalue weighted by molar-refractivity contribution is -0.156. The number of piperazine rings is 1. The van der Waals surface area contributed by atoms with Gasteiger partial charge in [-0.15, -0.1) is 0 Å². The molecule has 4 amide bonds. The van der Waals surface area contributed by atoms with Gasteiger partial charge in [0.1, 0.15) is 18.1 Å². The molecular weight excluding hydrogens is 270 g/mol. The van der Waals surface area contributed by atoms with Crippen LogP contribution in [-0.4, -0.2) is 52.4 Å². The predicted molar refractivity (Wildman–Crippen MR) is 70.4 cm³/mol. The van der Waals surface area contributed by atoms with Gasteiger partial charge in [-0.1, -0.05) is 0 Å². The largest absolute Gasteiger partial charge is 0.344 e. The molecule has 1 aliphatic heterocycles. The fourth-order valence-electron chi connectivity index (χ4n) is 1.76. The van der Waals surface area contributed by atoms with Crippen molar-refractivity contribution in [1.82, 2.24) is 15.5 Å². The molecule has 8 heteroatoms. The Balaban J connectivity index is 2.97. The van der Waals surface area contributed by atoms with E-state index < -0.39 is 29.3 Å². The minimum Gasteiger partial charge on any atom is -0.344 e. The van der Waals surface area contributed by atoms with Gasteiger partial charge in [0.05, 0.1) is 0 Å². The molecule has 19 heavy (non-hydrogen) atoms. The van der Waals surface area contributed by atoms with Crippen molar-refractivity contribution in [3.63, 3.8) is 0 Å². The molecule has 1 atom stereocenters. The molecule has 1 aliphatic rings. The van der Waals surface area contributed by atoms with Gasteiger partial charge >= 0.3 is 0 Å². The summed E-state index contributed by atoms with van der Waals surface area (Å²) in [6, 6.07) is -0.862. The Morgan fingerprint density at radius 3 is 2.53 bits per heavy atom. The fraction of sp³-hybridized carbons (Fsp3) is 0.636. The number of imide groups is 1. The molecule has 1 rings (SSSR count). The maximum absolute atomic E-state index is 12.3. The number of nitrogens with one attached hydrogen (secondary N) is 2. The predicted octanol–water partition coefficient (Wildman–Crippen LogP) is -1.32. The summed E-state index contributed by atoms with van der Waals surface area (Å²) >= 11 is 4.00. The van der Waals surface area contributed by atoms with Crippen molar-refractivity contribution in [2.75, 3.05) is 12.3 Å². The van der Waals surface area contributed by atoms with Gasteiger partial charge in [-0.05, 0) is 13.8 Å². The Morgan fingerprint density at radius 2 is 2.05 bits per heavy atom. The Labute approximate surface area is 116 Å². The zero-order valence-electron chi connectivity index (χ0n) is 11.0. The summed E-state index contributed by atoms with van der Waals surface area (Å²) in [5.41, 5.74) is -1.15.